The lowest BCUT2D eigenvalue weighted by atomic mass is 10.2. The van der Waals surface area contributed by atoms with Crippen molar-refractivity contribution in [3.63, 3.8) is 0 Å². The van der Waals surface area contributed by atoms with Gasteiger partial charge in [-0.05, 0) is 36.6 Å². The van der Waals surface area contributed by atoms with E-state index in [1.807, 2.05) is 18.2 Å². The van der Waals surface area contributed by atoms with E-state index in [1.165, 1.54) is 36.7 Å². The Morgan fingerprint density at radius 3 is 2.79 bits per heavy atom. The van der Waals surface area contributed by atoms with Gasteiger partial charge in [-0.3, -0.25) is 10.1 Å². The number of nitrogens with one attached hydrogen (secondary N) is 1. The predicted octanol–water partition coefficient (Wildman–Crippen LogP) is 5.66. The molecule has 0 unspecified atom stereocenters. The number of carbonyl (C=O) groups excluding carboxylic acids is 1. The van der Waals surface area contributed by atoms with Gasteiger partial charge in [-0.2, -0.15) is 0 Å². The highest BCUT2D eigenvalue weighted by molar-refractivity contribution is 8.01. The van der Waals surface area contributed by atoms with Crippen LogP contribution in [0.4, 0.5) is 5.13 Å². The molecule has 0 bridgehead atoms. The lowest BCUT2D eigenvalue weighted by molar-refractivity contribution is -0.111. The third kappa shape index (κ3) is 8.45. The summed E-state index contributed by atoms with van der Waals surface area (Å²) in [5.74, 6) is 2.12. The van der Waals surface area contributed by atoms with Crippen molar-refractivity contribution in [3.8, 4) is 11.5 Å². The number of rotatable bonds is 13. The molecule has 0 atom stereocenters. The molecule has 0 aliphatic heterocycles. The van der Waals surface area contributed by atoms with Crippen molar-refractivity contribution in [3.05, 3.63) is 29.8 Å². The first kappa shape index (κ1) is 23.2. The van der Waals surface area contributed by atoms with Gasteiger partial charge in [-0.15, -0.1) is 10.2 Å². The molecule has 1 N–H and O–H groups in total. The van der Waals surface area contributed by atoms with Crippen LogP contribution in [0.1, 0.15) is 51.5 Å². The number of hydrogen-bond donors (Lipinski definition) is 1. The van der Waals surface area contributed by atoms with Crippen molar-refractivity contribution in [1.82, 2.24) is 10.2 Å². The molecular formula is C21H29N3O3S2. The van der Waals surface area contributed by atoms with Crippen LogP contribution >= 0.6 is 23.1 Å². The zero-order chi connectivity index (χ0) is 20.9. The van der Waals surface area contributed by atoms with E-state index in [0.29, 0.717) is 17.5 Å². The van der Waals surface area contributed by atoms with Gasteiger partial charge in [0.15, 0.2) is 15.8 Å². The number of benzene rings is 1. The number of methoxy groups -OCH3 is 1. The first-order chi connectivity index (χ1) is 14.2. The second-order valence-corrected chi connectivity index (χ2v) is 8.68. The lowest BCUT2D eigenvalue weighted by Gasteiger charge is -2.11. The number of unbranched alkanes of at least 4 members (excludes halogenated alkanes) is 3. The average molecular weight is 436 g/mol. The monoisotopic (exact) mass is 435 g/mol. The van der Waals surface area contributed by atoms with Crippen molar-refractivity contribution in [2.75, 3.05) is 24.8 Å². The molecule has 0 spiro atoms. The highest BCUT2D eigenvalue weighted by Gasteiger charge is 2.08. The summed E-state index contributed by atoms with van der Waals surface area (Å²) in [6.45, 7) is 4.98. The molecule has 8 heteroatoms. The molecule has 0 saturated carbocycles. The Kier molecular flexibility index (Phi) is 10.6. The number of ether oxygens (including phenoxy) is 2. The summed E-state index contributed by atoms with van der Waals surface area (Å²) in [6, 6.07) is 5.63. The van der Waals surface area contributed by atoms with Crippen LogP contribution in [0.25, 0.3) is 6.08 Å². The molecule has 0 radical (unpaired) electrons. The molecule has 2 aromatic rings. The number of amides is 1. The molecular weight excluding hydrogens is 406 g/mol. The molecule has 158 valence electrons. The van der Waals surface area contributed by atoms with Crippen molar-refractivity contribution >= 4 is 40.2 Å². The summed E-state index contributed by atoms with van der Waals surface area (Å²) in [4.78, 5) is 12.1. The standard InChI is InChI=1S/C21H29N3O3S2/c1-4-6-7-8-13-27-17-11-9-16(15-18(17)26-3)10-12-19(25)22-20-23-24-21(29-20)28-14-5-2/h9-12,15H,4-8,13-14H2,1-3H3,(H,22,23,25)/b12-10+. The first-order valence-corrected chi connectivity index (χ1v) is 11.7. The molecule has 6 nitrogen and oxygen atoms in total. The Labute approximate surface area is 181 Å². The van der Waals surface area contributed by atoms with Crippen LogP contribution in [-0.4, -0.2) is 35.6 Å². The fraction of sp³-hybridized carbons (Fsp3) is 0.476. The van der Waals surface area contributed by atoms with Crippen molar-refractivity contribution in [2.24, 2.45) is 0 Å². The van der Waals surface area contributed by atoms with Crippen molar-refractivity contribution in [1.29, 1.82) is 0 Å². The van der Waals surface area contributed by atoms with Crippen LogP contribution in [0, 0.1) is 0 Å². The van der Waals surface area contributed by atoms with Gasteiger partial charge < -0.3 is 9.47 Å². The molecule has 2 rings (SSSR count). The number of nitrogens with zero attached hydrogens (tertiary/aromatic N) is 2. The summed E-state index contributed by atoms with van der Waals surface area (Å²) in [5, 5.41) is 11.3. The van der Waals surface area contributed by atoms with Gasteiger partial charge in [0, 0.05) is 11.8 Å². The molecule has 1 amide bonds. The molecule has 1 heterocycles. The summed E-state index contributed by atoms with van der Waals surface area (Å²) >= 11 is 3.02. The maximum absolute atomic E-state index is 12.1. The van der Waals surface area contributed by atoms with E-state index in [2.05, 4.69) is 29.4 Å². The Morgan fingerprint density at radius 1 is 1.17 bits per heavy atom. The third-order valence-corrected chi connectivity index (χ3v) is 6.11. The van der Waals surface area contributed by atoms with Gasteiger partial charge in [0.2, 0.25) is 11.0 Å². The highest BCUT2D eigenvalue weighted by atomic mass is 32.2. The number of anilines is 1. The number of hydrogen-bond acceptors (Lipinski definition) is 7. The fourth-order valence-electron chi connectivity index (χ4n) is 2.45. The molecule has 0 fully saturated rings. The smallest absolute Gasteiger partial charge is 0.250 e. The minimum absolute atomic E-state index is 0.247. The second kappa shape index (κ2) is 13.2. The number of thioether (sulfide) groups is 1. The van der Waals surface area contributed by atoms with E-state index in [4.69, 9.17) is 9.47 Å². The average Bonchev–Trinajstić information content (AvgIpc) is 3.18. The van der Waals surface area contributed by atoms with Gasteiger partial charge in [-0.1, -0.05) is 62.3 Å². The molecule has 0 aliphatic rings. The van der Waals surface area contributed by atoms with Gasteiger partial charge in [-0.25, -0.2) is 0 Å². The lowest BCUT2D eigenvalue weighted by Crippen LogP contribution is -2.07. The van der Waals surface area contributed by atoms with Crippen molar-refractivity contribution in [2.45, 2.75) is 50.3 Å². The Morgan fingerprint density at radius 2 is 2.03 bits per heavy atom. The maximum atomic E-state index is 12.1. The van der Waals surface area contributed by atoms with E-state index in [9.17, 15) is 4.79 Å². The molecule has 0 aliphatic carbocycles. The predicted molar refractivity (Wildman–Crippen MR) is 121 cm³/mol. The third-order valence-electron chi connectivity index (χ3n) is 3.94. The minimum atomic E-state index is -0.247. The minimum Gasteiger partial charge on any atom is -0.493 e. The van der Waals surface area contributed by atoms with E-state index >= 15 is 0 Å². The van der Waals surface area contributed by atoms with E-state index in [0.717, 1.165) is 34.2 Å². The molecule has 1 aromatic carbocycles. The van der Waals surface area contributed by atoms with Crippen LogP contribution in [0.15, 0.2) is 28.6 Å². The van der Waals surface area contributed by atoms with Crippen LogP contribution in [0.2, 0.25) is 0 Å². The first-order valence-electron chi connectivity index (χ1n) is 9.92. The highest BCUT2D eigenvalue weighted by Crippen LogP contribution is 2.29. The van der Waals surface area contributed by atoms with Gasteiger partial charge in [0.05, 0.1) is 13.7 Å². The van der Waals surface area contributed by atoms with Gasteiger partial charge >= 0.3 is 0 Å². The summed E-state index contributed by atoms with van der Waals surface area (Å²) < 4.78 is 12.1. The SMILES string of the molecule is CCCCCCOc1ccc(/C=C/C(=O)Nc2nnc(SCCC)s2)cc1OC. The van der Waals surface area contributed by atoms with Crippen LogP contribution in [0.3, 0.4) is 0 Å². The molecule has 1 aromatic heterocycles. The molecule has 29 heavy (non-hydrogen) atoms. The Hall–Kier alpha value is -2.06. The summed E-state index contributed by atoms with van der Waals surface area (Å²) in [5.41, 5.74) is 0.854. The Bertz CT molecular complexity index is 793. The number of carbonyl (C=O) groups is 1. The molecule has 0 saturated heterocycles. The Balaban J connectivity index is 1.88. The van der Waals surface area contributed by atoms with E-state index in [1.54, 1.807) is 24.9 Å². The number of aromatic nitrogens is 2. The largest absolute Gasteiger partial charge is 0.493 e. The fourth-order valence-corrected chi connectivity index (χ4v) is 4.13. The topological polar surface area (TPSA) is 73.3 Å². The van der Waals surface area contributed by atoms with Gasteiger partial charge in [0.25, 0.3) is 0 Å². The van der Waals surface area contributed by atoms with Gasteiger partial charge in [0.1, 0.15) is 0 Å². The van der Waals surface area contributed by atoms with Crippen LogP contribution < -0.4 is 14.8 Å². The maximum Gasteiger partial charge on any atom is 0.250 e. The van der Waals surface area contributed by atoms with Crippen molar-refractivity contribution < 1.29 is 14.3 Å². The van der Waals surface area contributed by atoms with Crippen LogP contribution in [0.5, 0.6) is 11.5 Å². The van der Waals surface area contributed by atoms with Crippen LogP contribution in [-0.2, 0) is 4.79 Å². The second-order valence-electron chi connectivity index (χ2n) is 6.36. The van der Waals surface area contributed by atoms with E-state index in [-0.39, 0.29) is 5.91 Å². The summed E-state index contributed by atoms with van der Waals surface area (Å²) in [6.07, 6.45) is 8.90. The van der Waals surface area contributed by atoms with E-state index < -0.39 is 0 Å². The summed E-state index contributed by atoms with van der Waals surface area (Å²) in [7, 11) is 1.61. The zero-order valence-corrected chi connectivity index (χ0v) is 18.9. The zero-order valence-electron chi connectivity index (χ0n) is 17.3. The normalized spacial score (nSPS) is 11.0. The quantitative estimate of drug-likeness (QED) is 0.189.